The molecule has 0 saturated heterocycles. The fourth-order valence-corrected chi connectivity index (χ4v) is 2.18. The van der Waals surface area contributed by atoms with E-state index in [1.54, 1.807) is 7.11 Å². The first kappa shape index (κ1) is 13.9. The number of aromatic amines is 1. The van der Waals surface area contributed by atoms with Gasteiger partial charge in [-0.2, -0.15) is 0 Å². The summed E-state index contributed by atoms with van der Waals surface area (Å²) in [6, 6.07) is 7.66. The maximum atomic E-state index is 5.92. The van der Waals surface area contributed by atoms with E-state index in [2.05, 4.69) is 15.3 Å². The first-order chi connectivity index (χ1) is 10.4. The molecule has 0 spiro atoms. The fourth-order valence-electron chi connectivity index (χ4n) is 2.18. The molecule has 1 aliphatic rings. The molecule has 0 fully saturated rings. The van der Waals surface area contributed by atoms with Crippen LogP contribution in [0.2, 0.25) is 0 Å². The van der Waals surface area contributed by atoms with Gasteiger partial charge in [0.15, 0.2) is 23.4 Å². The molecule has 0 radical (unpaired) electrons. The predicted molar refractivity (Wildman–Crippen MR) is 77.5 cm³/mol. The highest BCUT2D eigenvalue weighted by molar-refractivity contribution is 5.41. The van der Waals surface area contributed by atoms with Gasteiger partial charge in [0.2, 0.25) is 0 Å². The Hall–Kier alpha value is -2.05. The van der Waals surface area contributed by atoms with Crippen molar-refractivity contribution in [2.45, 2.75) is 12.6 Å². The van der Waals surface area contributed by atoms with Gasteiger partial charge in [-0.05, 0) is 12.1 Å². The lowest BCUT2D eigenvalue weighted by Crippen LogP contribution is -2.23. The fraction of sp³-hybridized carbons (Fsp3) is 0.400. The summed E-state index contributed by atoms with van der Waals surface area (Å²) in [4.78, 5) is 7.65. The first-order valence-corrected chi connectivity index (χ1v) is 6.98. The van der Waals surface area contributed by atoms with E-state index in [0.717, 1.165) is 36.1 Å². The number of fused-ring (bicyclic) bond motifs is 1. The van der Waals surface area contributed by atoms with E-state index in [9.17, 15) is 0 Å². The molecule has 0 amide bonds. The summed E-state index contributed by atoms with van der Waals surface area (Å²) >= 11 is 0. The molecule has 2 aromatic rings. The van der Waals surface area contributed by atoms with Crippen molar-refractivity contribution in [3.63, 3.8) is 0 Å². The summed E-state index contributed by atoms with van der Waals surface area (Å²) in [5, 5.41) is 3.27. The van der Waals surface area contributed by atoms with E-state index in [1.165, 1.54) is 0 Å². The van der Waals surface area contributed by atoms with Crippen molar-refractivity contribution >= 4 is 0 Å². The molecular formula is C15H19N3O3. The van der Waals surface area contributed by atoms with Gasteiger partial charge in [0.25, 0.3) is 0 Å². The minimum atomic E-state index is -0.201. The van der Waals surface area contributed by atoms with Gasteiger partial charge in [0.05, 0.1) is 6.61 Å². The summed E-state index contributed by atoms with van der Waals surface area (Å²) < 4.78 is 16.6. The highest BCUT2D eigenvalue weighted by Crippen LogP contribution is 2.34. The number of imidazole rings is 1. The van der Waals surface area contributed by atoms with E-state index in [4.69, 9.17) is 14.2 Å². The van der Waals surface area contributed by atoms with Gasteiger partial charge in [0.1, 0.15) is 6.61 Å². The molecule has 1 aromatic carbocycles. The second-order valence-electron chi connectivity index (χ2n) is 4.83. The van der Waals surface area contributed by atoms with Gasteiger partial charge in [-0.25, -0.2) is 4.98 Å². The maximum absolute atomic E-state index is 5.92. The van der Waals surface area contributed by atoms with Crippen molar-refractivity contribution in [2.75, 3.05) is 26.9 Å². The number of benzene rings is 1. The Kier molecular flexibility index (Phi) is 4.37. The van der Waals surface area contributed by atoms with Crippen molar-refractivity contribution in [1.82, 2.24) is 15.3 Å². The van der Waals surface area contributed by atoms with Crippen LogP contribution in [0.4, 0.5) is 0 Å². The van der Waals surface area contributed by atoms with Crippen LogP contribution in [0, 0.1) is 0 Å². The number of hydrogen-bond acceptors (Lipinski definition) is 5. The third-order valence-electron chi connectivity index (χ3n) is 3.26. The monoisotopic (exact) mass is 289 g/mol. The Balaban J connectivity index is 1.59. The van der Waals surface area contributed by atoms with Crippen LogP contribution in [0.15, 0.2) is 30.5 Å². The SMILES string of the molecule is COCCNCc1cnc(C2COc3ccccc3O2)[nH]1. The minimum absolute atomic E-state index is 0.201. The molecular weight excluding hydrogens is 270 g/mol. The standard InChI is InChI=1S/C15H19N3O3/c1-19-7-6-16-8-11-9-17-15(18-11)14-10-20-12-4-2-3-5-13(12)21-14/h2-5,9,14,16H,6-8,10H2,1H3,(H,17,18). The largest absolute Gasteiger partial charge is 0.485 e. The van der Waals surface area contributed by atoms with Crippen LogP contribution in [-0.4, -0.2) is 36.8 Å². The van der Waals surface area contributed by atoms with Gasteiger partial charge < -0.3 is 24.5 Å². The summed E-state index contributed by atoms with van der Waals surface area (Å²) in [5.74, 6) is 2.32. The minimum Gasteiger partial charge on any atom is -0.485 e. The van der Waals surface area contributed by atoms with E-state index in [0.29, 0.717) is 13.2 Å². The maximum Gasteiger partial charge on any atom is 0.190 e. The Morgan fingerprint density at radius 1 is 1.38 bits per heavy atom. The van der Waals surface area contributed by atoms with E-state index in [-0.39, 0.29) is 6.10 Å². The van der Waals surface area contributed by atoms with E-state index < -0.39 is 0 Å². The summed E-state index contributed by atoms with van der Waals surface area (Å²) in [5.41, 5.74) is 1.02. The highest BCUT2D eigenvalue weighted by atomic mass is 16.6. The third kappa shape index (κ3) is 3.34. The molecule has 6 nitrogen and oxygen atoms in total. The Bertz CT molecular complexity index is 585. The molecule has 2 heterocycles. The molecule has 112 valence electrons. The lowest BCUT2D eigenvalue weighted by molar-refractivity contribution is 0.0856. The van der Waals surface area contributed by atoms with Crippen molar-refractivity contribution < 1.29 is 14.2 Å². The number of nitrogens with zero attached hydrogens (tertiary/aromatic N) is 1. The van der Waals surface area contributed by atoms with E-state index >= 15 is 0 Å². The number of rotatable bonds is 6. The molecule has 0 saturated carbocycles. The van der Waals surface area contributed by atoms with E-state index in [1.807, 2.05) is 30.5 Å². The van der Waals surface area contributed by atoms with Crippen molar-refractivity contribution in [1.29, 1.82) is 0 Å². The van der Waals surface area contributed by atoms with Crippen LogP contribution in [-0.2, 0) is 11.3 Å². The zero-order valence-corrected chi connectivity index (χ0v) is 12.0. The molecule has 21 heavy (non-hydrogen) atoms. The Labute approximate surface area is 123 Å². The number of H-pyrrole nitrogens is 1. The summed E-state index contributed by atoms with van der Waals surface area (Å²) in [7, 11) is 1.69. The van der Waals surface area contributed by atoms with Gasteiger partial charge in [-0.3, -0.25) is 0 Å². The second-order valence-corrected chi connectivity index (χ2v) is 4.83. The smallest absolute Gasteiger partial charge is 0.190 e. The molecule has 1 atom stereocenters. The lowest BCUT2D eigenvalue weighted by atomic mass is 10.2. The lowest BCUT2D eigenvalue weighted by Gasteiger charge is -2.24. The van der Waals surface area contributed by atoms with Gasteiger partial charge in [-0.15, -0.1) is 0 Å². The highest BCUT2D eigenvalue weighted by Gasteiger charge is 2.24. The molecule has 2 N–H and O–H groups in total. The molecule has 1 aromatic heterocycles. The average molecular weight is 289 g/mol. The van der Waals surface area contributed by atoms with Crippen LogP contribution in [0.3, 0.4) is 0 Å². The topological polar surface area (TPSA) is 68.4 Å². The third-order valence-corrected chi connectivity index (χ3v) is 3.26. The van der Waals surface area contributed by atoms with Gasteiger partial charge in [0, 0.05) is 32.1 Å². The number of para-hydroxylation sites is 2. The number of methoxy groups -OCH3 is 1. The summed E-state index contributed by atoms with van der Waals surface area (Å²) in [6.07, 6.45) is 1.62. The number of nitrogens with one attached hydrogen (secondary N) is 2. The van der Waals surface area contributed by atoms with Gasteiger partial charge >= 0.3 is 0 Å². The Morgan fingerprint density at radius 2 is 2.24 bits per heavy atom. The Morgan fingerprint density at radius 3 is 3.10 bits per heavy atom. The zero-order valence-electron chi connectivity index (χ0n) is 12.0. The molecule has 0 aliphatic carbocycles. The van der Waals surface area contributed by atoms with Crippen LogP contribution >= 0.6 is 0 Å². The molecule has 6 heteroatoms. The van der Waals surface area contributed by atoms with Crippen LogP contribution in [0.5, 0.6) is 11.5 Å². The predicted octanol–water partition coefficient (Wildman–Crippen LogP) is 1.66. The average Bonchev–Trinajstić information content (AvgIpc) is 3.00. The number of aromatic nitrogens is 2. The van der Waals surface area contributed by atoms with Crippen molar-refractivity contribution in [3.05, 3.63) is 42.0 Å². The summed E-state index contributed by atoms with van der Waals surface area (Å²) in [6.45, 7) is 2.68. The first-order valence-electron chi connectivity index (χ1n) is 6.98. The molecule has 1 aliphatic heterocycles. The zero-order chi connectivity index (χ0) is 14.5. The molecule has 3 rings (SSSR count). The van der Waals surface area contributed by atoms with Crippen molar-refractivity contribution in [3.8, 4) is 11.5 Å². The van der Waals surface area contributed by atoms with Crippen LogP contribution in [0.25, 0.3) is 0 Å². The molecule has 1 unspecified atom stereocenters. The normalized spacial score (nSPS) is 16.9. The van der Waals surface area contributed by atoms with Crippen molar-refractivity contribution in [2.24, 2.45) is 0 Å². The number of ether oxygens (including phenoxy) is 3. The van der Waals surface area contributed by atoms with Crippen LogP contribution in [0.1, 0.15) is 17.6 Å². The quantitative estimate of drug-likeness (QED) is 0.792. The van der Waals surface area contributed by atoms with Gasteiger partial charge in [-0.1, -0.05) is 12.1 Å². The second kappa shape index (κ2) is 6.60. The number of hydrogen-bond donors (Lipinski definition) is 2. The molecule has 0 bridgehead atoms. The van der Waals surface area contributed by atoms with Crippen LogP contribution < -0.4 is 14.8 Å².